The molecule has 1 aliphatic heterocycles. The molecular formula is C16H18N4O3S. The van der Waals surface area contributed by atoms with E-state index >= 15 is 0 Å². The molecule has 1 aliphatic rings. The van der Waals surface area contributed by atoms with E-state index in [2.05, 4.69) is 20.2 Å². The van der Waals surface area contributed by atoms with Crippen LogP contribution in [0.25, 0.3) is 0 Å². The zero-order valence-corrected chi connectivity index (χ0v) is 14.1. The quantitative estimate of drug-likeness (QED) is 0.838. The molecule has 0 radical (unpaired) electrons. The van der Waals surface area contributed by atoms with Crippen LogP contribution in [0.1, 0.15) is 40.6 Å². The van der Waals surface area contributed by atoms with E-state index < -0.39 is 5.97 Å². The summed E-state index contributed by atoms with van der Waals surface area (Å²) in [7, 11) is 0. The van der Waals surface area contributed by atoms with Crippen LogP contribution in [-0.2, 0) is 4.74 Å². The third-order valence-electron chi connectivity index (χ3n) is 3.65. The first-order valence-electron chi connectivity index (χ1n) is 7.83. The number of hydrogen-bond acceptors (Lipinski definition) is 7. The molecule has 0 atom stereocenters. The van der Waals surface area contributed by atoms with Crippen molar-refractivity contribution in [2.75, 3.05) is 29.9 Å². The molecule has 0 bridgehead atoms. The number of esters is 1. The van der Waals surface area contributed by atoms with Crippen molar-refractivity contribution in [3.05, 3.63) is 35.0 Å². The molecule has 8 heteroatoms. The number of amides is 1. The Morgan fingerprint density at radius 2 is 2.17 bits per heavy atom. The molecule has 7 nitrogen and oxygen atoms in total. The maximum atomic E-state index is 12.6. The van der Waals surface area contributed by atoms with Crippen molar-refractivity contribution in [2.24, 2.45) is 0 Å². The van der Waals surface area contributed by atoms with Crippen LogP contribution in [0.4, 0.5) is 10.9 Å². The Balaban J connectivity index is 1.75. The summed E-state index contributed by atoms with van der Waals surface area (Å²) in [6.07, 6.45) is 3.90. The lowest BCUT2D eigenvalue weighted by Crippen LogP contribution is -2.24. The second-order valence-electron chi connectivity index (χ2n) is 5.28. The Bertz CT molecular complexity index is 740. The van der Waals surface area contributed by atoms with E-state index in [1.165, 1.54) is 11.3 Å². The van der Waals surface area contributed by atoms with Gasteiger partial charge >= 0.3 is 5.97 Å². The van der Waals surface area contributed by atoms with E-state index in [0.717, 1.165) is 25.9 Å². The van der Waals surface area contributed by atoms with Crippen molar-refractivity contribution in [3.63, 3.8) is 0 Å². The standard InChI is InChI=1S/C16H18N4O3S/c1-2-23-15(22)12-10-24-16(18-12)19-14(21)11-6-5-7-17-13(11)20-8-3-4-9-20/h5-7,10H,2-4,8-9H2,1H3,(H,18,19,21). The molecule has 2 aromatic rings. The fourth-order valence-electron chi connectivity index (χ4n) is 2.55. The highest BCUT2D eigenvalue weighted by Gasteiger charge is 2.21. The number of nitrogens with zero attached hydrogens (tertiary/aromatic N) is 3. The summed E-state index contributed by atoms with van der Waals surface area (Å²) in [5.74, 6) is -0.0854. The summed E-state index contributed by atoms with van der Waals surface area (Å²) in [6, 6.07) is 3.48. The van der Waals surface area contributed by atoms with Gasteiger partial charge in [-0.15, -0.1) is 11.3 Å². The van der Waals surface area contributed by atoms with Gasteiger partial charge in [0, 0.05) is 24.7 Å². The van der Waals surface area contributed by atoms with Crippen LogP contribution in [0.2, 0.25) is 0 Å². The molecule has 24 heavy (non-hydrogen) atoms. The van der Waals surface area contributed by atoms with Crippen molar-refractivity contribution in [1.29, 1.82) is 0 Å². The van der Waals surface area contributed by atoms with Crippen molar-refractivity contribution >= 4 is 34.2 Å². The molecule has 1 amide bonds. The van der Waals surface area contributed by atoms with Crippen LogP contribution in [-0.4, -0.2) is 41.5 Å². The van der Waals surface area contributed by atoms with Gasteiger partial charge in [0.1, 0.15) is 5.82 Å². The zero-order valence-electron chi connectivity index (χ0n) is 13.3. The Hall–Kier alpha value is -2.48. The van der Waals surface area contributed by atoms with E-state index in [1.54, 1.807) is 30.6 Å². The fourth-order valence-corrected chi connectivity index (χ4v) is 3.22. The molecule has 2 aromatic heterocycles. The lowest BCUT2D eigenvalue weighted by atomic mass is 10.2. The maximum absolute atomic E-state index is 12.6. The number of thiazole rings is 1. The first-order chi connectivity index (χ1) is 11.7. The molecule has 0 unspecified atom stereocenters. The predicted octanol–water partition coefficient (Wildman–Crippen LogP) is 2.57. The second-order valence-corrected chi connectivity index (χ2v) is 6.14. The Labute approximate surface area is 143 Å². The average Bonchev–Trinajstić information content (AvgIpc) is 3.27. The Kier molecular flexibility index (Phi) is 5.05. The number of carbonyl (C=O) groups is 2. The van der Waals surface area contributed by atoms with Gasteiger partial charge in [-0.1, -0.05) is 0 Å². The van der Waals surface area contributed by atoms with Crippen LogP contribution in [0, 0.1) is 0 Å². The van der Waals surface area contributed by atoms with Crippen LogP contribution < -0.4 is 10.2 Å². The zero-order chi connectivity index (χ0) is 16.9. The number of rotatable bonds is 5. The minimum Gasteiger partial charge on any atom is -0.461 e. The molecule has 1 saturated heterocycles. The molecule has 3 heterocycles. The van der Waals surface area contributed by atoms with Crippen LogP contribution in [0.3, 0.4) is 0 Å². The molecule has 0 spiro atoms. The van der Waals surface area contributed by atoms with Gasteiger partial charge < -0.3 is 9.64 Å². The van der Waals surface area contributed by atoms with Crippen molar-refractivity contribution in [3.8, 4) is 0 Å². The summed E-state index contributed by atoms with van der Waals surface area (Å²) >= 11 is 1.19. The van der Waals surface area contributed by atoms with Crippen LogP contribution >= 0.6 is 11.3 Å². The maximum Gasteiger partial charge on any atom is 0.357 e. The highest BCUT2D eigenvalue weighted by molar-refractivity contribution is 7.14. The smallest absolute Gasteiger partial charge is 0.357 e. The lowest BCUT2D eigenvalue weighted by molar-refractivity contribution is 0.0520. The van der Waals surface area contributed by atoms with Gasteiger partial charge in [-0.3, -0.25) is 10.1 Å². The highest BCUT2D eigenvalue weighted by atomic mass is 32.1. The summed E-state index contributed by atoms with van der Waals surface area (Å²) < 4.78 is 4.89. The molecule has 126 valence electrons. The van der Waals surface area contributed by atoms with Gasteiger partial charge in [0.25, 0.3) is 5.91 Å². The summed E-state index contributed by atoms with van der Waals surface area (Å²) in [5, 5.41) is 4.66. The van der Waals surface area contributed by atoms with Crippen molar-refractivity contribution < 1.29 is 14.3 Å². The normalized spacial score (nSPS) is 13.8. The Morgan fingerprint density at radius 3 is 2.92 bits per heavy atom. The monoisotopic (exact) mass is 346 g/mol. The number of pyridine rings is 1. The fraction of sp³-hybridized carbons (Fsp3) is 0.375. The van der Waals surface area contributed by atoms with Crippen molar-refractivity contribution in [1.82, 2.24) is 9.97 Å². The third kappa shape index (κ3) is 3.53. The van der Waals surface area contributed by atoms with E-state index in [0.29, 0.717) is 16.5 Å². The topological polar surface area (TPSA) is 84.4 Å². The van der Waals surface area contributed by atoms with Gasteiger partial charge in [0.2, 0.25) is 0 Å². The molecule has 3 rings (SSSR count). The summed E-state index contributed by atoms with van der Waals surface area (Å²) in [4.78, 5) is 34.8. The third-order valence-corrected chi connectivity index (χ3v) is 4.40. The lowest BCUT2D eigenvalue weighted by Gasteiger charge is -2.19. The predicted molar refractivity (Wildman–Crippen MR) is 91.7 cm³/mol. The van der Waals surface area contributed by atoms with Gasteiger partial charge in [-0.25, -0.2) is 14.8 Å². The first kappa shape index (κ1) is 16.4. The molecule has 1 N–H and O–H groups in total. The number of hydrogen-bond donors (Lipinski definition) is 1. The van der Waals surface area contributed by atoms with Gasteiger partial charge in [-0.05, 0) is 31.9 Å². The first-order valence-corrected chi connectivity index (χ1v) is 8.71. The number of carbonyl (C=O) groups excluding carboxylic acids is 2. The molecule has 1 fully saturated rings. The number of aromatic nitrogens is 2. The van der Waals surface area contributed by atoms with Crippen LogP contribution in [0.5, 0.6) is 0 Å². The van der Waals surface area contributed by atoms with E-state index in [-0.39, 0.29) is 18.2 Å². The minimum atomic E-state index is -0.492. The van der Waals surface area contributed by atoms with E-state index in [9.17, 15) is 9.59 Å². The molecule has 0 aromatic carbocycles. The van der Waals surface area contributed by atoms with Crippen molar-refractivity contribution in [2.45, 2.75) is 19.8 Å². The minimum absolute atomic E-state index is 0.197. The Morgan fingerprint density at radius 1 is 1.38 bits per heavy atom. The molecule has 0 aliphatic carbocycles. The largest absolute Gasteiger partial charge is 0.461 e. The highest BCUT2D eigenvalue weighted by Crippen LogP contribution is 2.24. The summed E-state index contributed by atoms with van der Waals surface area (Å²) in [5.41, 5.74) is 0.704. The van der Waals surface area contributed by atoms with E-state index in [1.807, 2.05) is 0 Å². The summed E-state index contributed by atoms with van der Waals surface area (Å²) in [6.45, 7) is 3.82. The van der Waals surface area contributed by atoms with E-state index in [4.69, 9.17) is 4.74 Å². The van der Waals surface area contributed by atoms with Crippen LogP contribution in [0.15, 0.2) is 23.7 Å². The molecular weight excluding hydrogens is 328 g/mol. The second kappa shape index (κ2) is 7.39. The van der Waals surface area contributed by atoms with Gasteiger partial charge in [0.15, 0.2) is 10.8 Å². The number of anilines is 2. The molecule has 0 saturated carbocycles. The number of nitrogens with one attached hydrogen (secondary N) is 1. The average molecular weight is 346 g/mol. The number of ether oxygens (including phenoxy) is 1. The van der Waals surface area contributed by atoms with Gasteiger partial charge in [-0.2, -0.15) is 0 Å². The SMILES string of the molecule is CCOC(=O)c1csc(NC(=O)c2cccnc2N2CCCC2)n1. The van der Waals surface area contributed by atoms with Gasteiger partial charge in [0.05, 0.1) is 12.2 Å².